The van der Waals surface area contributed by atoms with Crippen LogP contribution in [0.1, 0.15) is 26.7 Å². The highest BCUT2D eigenvalue weighted by atomic mass is 19.1. The Labute approximate surface area is 143 Å². The summed E-state index contributed by atoms with van der Waals surface area (Å²) in [5, 5.41) is 5.22. The third kappa shape index (κ3) is 14.3. The number of carbonyl (C=O) groups is 2. The number of carbonyl (C=O) groups excluding carboxylic acids is 2. The minimum absolute atomic E-state index is 0.0255. The van der Waals surface area contributed by atoms with Crippen molar-refractivity contribution in [3.8, 4) is 0 Å². The summed E-state index contributed by atoms with van der Waals surface area (Å²) in [6.07, 6.45) is 0.184. The van der Waals surface area contributed by atoms with Gasteiger partial charge in [-0.15, -0.1) is 0 Å². The maximum atomic E-state index is 13.4. The Bertz CT molecular complexity index is 342. The first-order valence-electron chi connectivity index (χ1n) is 8.30. The minimum atomic E-state index is -1.20. The van der Waals surface area contributed by atoms with E-state index in [1.807, 2.05) is 0 Å². The van der Waals surface area contributed by atoms with Gasteiger partial charge in [0.15, 0.2) is 0 Å². The van der Waals surface area contributed by atoms with Crippen molar-refractivity contribution >= 4 is 11.8 Å². The van der Waals surface area contributed by atoms with E-state index in [4.69, 9.17) is 9.47 Å². The van der Waals surface area contributed by atoms with Crippen LogP contribution >= 0.6 is 0 Å². The van der Waals surface area contributed by atoms with Crippen LogP contribution in [0.5, 0.6) is 0 Å². The van der Waals surface area contributed by atoms with Gasteiger partial charge in [0, 0.05) is 39.4 Å². The summed E-state index contributed by atoms with van der Waals surface area (Å²) in [7, 11) is 1.47. The van der Waals surface area contributed by atoms with Crippen LogP contribution in [0.3, 0.4) is 0 Å². The van der Waals surface area contributed by atoms with E-state index in [2.05, 4.69) is 15.4 Å². The zero-order valence-electron chi connectivity index (χ0n) is 14.9. The summed E-state index contributed by atoms with van der Waals surface area (Å²) in [5.41, 5.74) is 0. The topological polar surface area (TPSA) is 85.9 Å². The molecule has 0 aromatic carbocycles. The van der Waals surface area contributed by atoms with Gasteiger partial charge in [-0.1, -0.05) is 13.8 Å². The first-order valence-corrected chi connectivity index (χ1v) is 8.30. The van der Waals surface area contributed by atoms with Crippen molar-refractivity contribution in [2.45, 2.75) is 32.9 Å². The molecule has 0 aromatic rings. The van der Waals surface area contributed by atoms with E-state index in [0.717, 1.165) is 6.42 Å². The molecule has 0 saturated heterocycles. The lowest BCUT2D eigenvalue weighted by atomic mass is 10.2. The zero-order chi connectivity index (χ0) is 18.2. The van der Waals surface area contributed by atoms with E-state index in [0.29, 0.717) is 32.8 Å². The van der Waals surface area contributed by atoms with Gasteiger partial charge in [-0.3, -0.25) is 9.59 Å². The molecule has 1 atom stereocenters. The fourth-order valence-corrected chi connectivity index (χ4v) is 1.63. The highest BCUT2D eigenvalue weighted by Gasteiger charge is 2.11. The van der Waals surface area contributed by atoms with E-state index in [9.17, 15) is 14.0 Å². The number of hydrogen-bond donors (Lipinski definition) is 2. The number of halogens is 1. The lowest BCUT2D eigenvalue weighted by Gasteiger charge is -2.12. The molecule has 2 N–H and O–H groups in total. The number of hydrogen-bond acceptors (Lipinski definition) is 5. The molecule has 2 amide bonds. The van der Waals surface area contributed by atoms with Gasteiger partial charge in [0.25, 0.3) is 0 Å². The highest BCUT2D eigenvalue weighted by molar-refractivity contribution is 5.77. The Hall–Kier alpha value is -1.25. The van der Waals surface area contributed by atoms with Crippen molar-refractivity contribution in [1.82, 2.24) is 10.6 Å². The van der Waals surface area contributed by atoms with Gasteiger partial charge in [0.1, 0.15) is 12.8 Å². The first-order chi connectivity index (χ1) is 11.5. The normalized spacial score (nSPS) is 12.2. The van der Waals surface area contributed by atoms with Crippen molar-refractivity contribution in [2.24, 2.45) is 5.92 Å². The van der Waals surface area contributed by atoms with Gasteiger partial charge in [0.2, 0.25) is 11.8 Å². The molecule has 0 heterocycles. The lowest BCUT2D eigenvalue weighted by molar-refractivity contribution is -0.125. The maximum absolute atomic E-state index is 13.4. The van der Waals surface area contributed by atoms with Gasteiger partial charge in [0.05, 0.1) is 13.2 Å². The molecular formula is C16H31FN2O5. The van der Waals surface area contributed by atoms with Crippen LogP contribution in [0.2, 0.25) is 0 Å². The third-order valence-electron chi connectivity index (χ3n) is 2.96. The molecule has 24 heavy (non-hydrogen) atoms. The molecule has 0 spiro atoms. The minimum Gasteiger partial charge on any atom is -0.381 e. The van der Waals surface area contributed by atoms with Crippen LogP contribution < -0.4 is 10.6 Å². The fourth-order valence-electron chi connectivity index (χ4n) is 1.63. The van der Waals surface area contributed by atoms with Gasteiger partial charge >= 0.3 is 0 Å². The van der Waals surface area contributed by atoms with Crippen LogP contribution in [0.15, 0.2) is 0 Å². The summed E-state index contributed by atoms with van der Waals surface area (Å²) >= 11 is 0. The molecule has 0 aromatic heterocycles. The van der Waals surface area contributed by atoms with Crippen molar-refractivity contribution in [1.29, 1.82) is 0 Å². The van der Waals surface area contributed by atoms with Crippen molar-refractivity contribution in [3.05, 3.63) is 0 Å². The SMILES string of the molecule is COCC(=O)NCCCOCCCOCC(F)CNC(=O)C(C)C. The number of nitrogens with one attached hydrogen (secondary N) is 2. The Morgan fingerprint density at radius 2 is 1.71 bits per heavy atom. The second-order valence-electron chi connectivity index (χ2n) is 5.67. The Balaban J connectivity index is 3.30. The van der Waals surface area contributed by atoms with Crippen LogP contribution in [-0.2, 0) is 23.8 Å². The molecule has 0 bridgehead atoms. The van der Waals surface area contributed by atoms with Crippen molar-refractivity contribution in [2.75, 3.05) is 53.2 Å². The largest absolute Gasteiger partial charge is 0.381 e. The number of ether oxygens (including phenoxy) is 3. The van der Waals surface area contributed by atoms with E-state index >= 15 is 0 Å². The molecule has 142 valence electrons. The van der Waals surface area contributed by atoms with Gasteiger partial charge in [-0.25, -0.2) is 4.39 Å². The second-order valence-corrected chi connectivity index (χ2v) is 5.67. The standard InChI is InChI=1S/C16H31FN2O5/c1-13(2)16(21)19-10-14(17)11-24-9-5-8-23-7-4-6-18-15(20)12-22-3/h13-14H,4-12H2,1-3H3,(H,18,20)(H,19,21). The van der Waals surface area contributed by atoms with E-state index in [1.54, 1.807) is 13.8 Å². The Morgan fingerprint density at radius 1 is 1.04 bits per heavy atom. The van der Waals surface area contributed by atoms with Crippen molar-refractivity contribution in [3.63, 3.8) is 0 Å². The third-order valence-corrected chi connectivity index (χ3v) is 2.96. The molecule has 0 radical (unpaired) electrons. The molecule has 0 aliphatic carbocycles. The van der Waals surface area contributed by atoms with E-state index < -0.39 is 6.17 Å². The summed E-state index contributed by atoms with van der Waals surface area (Å²) in [6, 6.07) is 0. The summed E-state index contributed by atoms with van der Waals surface area (Å²) < 4.78 is 28.7. The molecular weight excluding hydrogens is 319 g/mol. The molecule has 0 aliphatic heterocycles. The number of alkyl halides is 1. The zero-order valence-corrected chi connectivity index (χ0v) is 14.9. The number of amides is 2. The molecule has 8 heteroatoms. The monoisotopic (exact) mass is 350 g/mol. The predicted octanol–water partition coefficient (Wildman–Crippen LogP) is 0.673. The molecule has 7 nitrogen and oxygen atoms in total. The van der Waals surface area contributed by atoms with Crippen LogP contribution in [-0.4, -0.2) is 71.2 Å². The molecule has 0 saturated carbocycles. The maximum Gasteiger partial charge on any atom is 0.245 e. The highest BCUT2D eigenvalue weighted by Crippen LogP contribution is 1.95. The smallest absolute Gasteiger partial charge is 0.245 e. The van der Waals surface area contributed by atoms with Crippen LogP contribution in [0.25, 0.3) is 0 Å². The lowest BCUT2D eigenvalue weighted by Crippen LogP contribution is -2.34. The average Bonchev–Trinajstić information content (AvgIpc) is 2.54. The molecule has 1 unspecified atom stereocenters. The fraction of sp³-hybridized carbons (Fsp3) is 0.875. The van der Waals surface area contributed by atoms with Crippen LogP contribution in [0, 0.1) is 5.92 Å². The number of methoxy groups -OCH3 is 1. The number of rotatable bonds is 15. The summed E-state index contributed by atoms with van der Waals surface area (Å²) in [5.74, 6) is -0.454. The van der Waals surface area contributed by atoms with Crippen LogP contribution in [0.4, 0.5) is 4.39 Å². The van der Waals surface area contributed by atoms with E-state index in [-0.39, 0.29) is 37.5 Å². The molecule has 0 aliphatic rings. The quantitative estimate of drug-likeness (QED) is 0.424. The summed E-state index contributed by atoms with van der Waals surface area (Å²) in [6.45, 7) is 5.53. The Morgan fingerprint density at radius 3 is 2.38 bits per heavy atom. The summed E-state index contributed by atoms with van der Waals surface area (Å²) in [4.78, 5) is 22.4. The average molecular weight is 350 g/mol. The molecule has 0 fully saturated rings. The Kier molecular flexibility index (Phi) is 14.5. The van der Waals surface area contributed by atoms with E-state index in [1.165, 1.54) is 7.11 Å². The second kappa shape index (κ2) is 15.3. The van der Waals surface area contributed by atoms with Gasteiger partial charge in [-0.2, -0.15) is 0 Å². The van der Waals surface area contributed by atoms with Gasteiger partial charge < -0.3 is 24.8 Å². The molecule has 0 rings (SSSR count). The first kappa shape index (κ1) is 22.8. The predicted molar refractivity (Wildman–Crippen MR) is 88.5 cm³/mol. The van der Waals surface area contributed by atoms with Crippen molar-refractivity contribution < 1.29 is 28.2 Å². The van der Waals surface area contributed by atoms with Gasteiger partial charge in [-0.05, 0) is 12.8 Å².